The van der Waals surface area contributed by atoms with E-state index < -0.39 is 5.41 Å². The molecule has 18 nitrogen and oxygen atoms in total. The topological polar surface area (TPSA) is 185 Å². The van der Waals surface area contributed by atoms with Gasteiger partial charge in [-0.1, -0.05) is 27.2 Å². The molecule has 3 aromatic rings. The number of amides is 3. The number of rotatable bonds is 36. The fourth-order valence-electron chi connectivity index (χ4n) is 8.08. The molecule has 2 aromatic heterocycles. The predicted octanol–water partition coefficient (Wildman–Crippen LogP) is 5.99. The third-order valence-electron chi connectivity index (χ3n) is 12.5. The van der Waals surface area contributed by atoms with Gasteiger partial charge in [0.25, 0.3) is 0 Å². The van der Waals surface area contributed by atoms with Crippen LogP contribution in [0.2, 0.25) is 0 Å². The largest absolute Gasteiger partial charge is 0.382 e. The number of thiazole rings is 1. The van der Waals surface area contributed by atoms with E-state index in [1.54, 1.807) is 18.4 Å². The molecule has 3 amide bonds. The number of aromatic nitrogens is 2. The molecule has 1 aromatic carbocycles. The van der Waals surface area contributed by atoms with E-state index in [4.69, 9.17) is 47.9 Å². The number of benzene rings is 1. The average molecular weight is 1020 g/mol. The zero-order valence-corrected chi connectivity index (χ0v) is 44.5. The van der Waals surface area contributed by atoms with Crippen LogP contribution in [0.1, 0.15) is 79.6 Å². The van der Waals surface area contributed by atoms with Crippen molar-refractivity contribution in [2.45, 2.75) is 85.6 Å². The van der Waals surface area contributed by atoms with E-state index in [-0.39, 0.29) is 30.2 Å². The second-order valence-electron chi connectivity index (χ2n) is 17.4. The lowest BCUT2D eigenvalue weighted by molar-refractivity contribution is -0.144. The number of hydrogen-bond donors (Lipinski definition) is 2. The summed E-state index contributed by atoms with van der Waals surface area (Å²) in [6, 6.07) is 10.3. The van der Waals surface area contributed by atoms with Crippen LogP contribution in [0.4, 0.5) is 11.5 Å². The second kappa shape index (κ2) is 35.2. The van der Waals surface area contributed by atoms with Crippen LogP contribution in [0.3, 0.4) is 0 Å². The first-order chi connectivity index (χ1) is 34.7. The molecule has 2 aliphatic heterocycles. The minimum absolute atomic E-state index is 0.0496. The molecule has 0 saturated carbocycles. The standard InChI is InChI=1S/C50H79N7O11S.C2H6/c1-5-46(58)53-40(2)50(3,15-6-7-16-51-47(59)14-23-62-26-27-64-30-31-66-34-35-68-37-36-67-33-32-65-29-28-63-25-24-61-4)49(60)57-21-19-55(20-22-57)42-11-12-43-44(38-42)69-48(54-43)41-10-13-45(52-39-41)56-17-8-9-18-56;1-2/h10-13,38-40H,5-9,14-37H2,1-4H3,(H,51,59)(H,53,58);1-2H3/t40?,50-;/m0./s1. The Morgan fingerprint density at radius 2 is 1.27 bits per heavy atom. The van der Waals surface area contributed by atoms with Gasteiger partial charge in [0.1, 0.15) is 10.8 Å². The Balaban J connectivity index is 0.00000540. The van der Waals surface area contributed by atoms with Crippen LogP contribution < -0.4 is 20.4 Å². The molecule has 400 valence electrons. The average Bonchev–Trinajstić information content (AvgIpc) is 4.10. The number of carbonyl (C=O) groups is 3. The lowest BCUT2D eigenvalue weighted by Crippen LogP contribution is -2.57. The first kappa shape index (κ1) is 59.5. The maximum absolute atomic E-state index is 14.4. The minimum Gasteiger partial charge on any atom is -0.382 e. The Bertz CT molecular complexity index is 1910. The predicted molar refractivity (Wildman–Crippen MR) is 280 cm³/mol. The summed E-state index contributed by atoms with van der Waals surface area (Å²) in [7, 11) is 1.64. The maximum Gasteiger partial charge on any atom is 0.230 e. The molecule has 71 heavy (non-hydrogen) atoms. The van der Waals surface area contributed by atoms with Gasteiger partial charge in [0.05, 0.1) is 115 Å². The van der Waals surface area contributed by atoms with E-state index >= 15 is 0 Å². The van der Waals surface area contributed by atoms with Crippen molar-refractivity contribution >= 4 is 50.8 Å². The summed E-state index contributed by atoms with van der Waals surface area (Å²) >= 11 is 1.67. The van der Waals surface area contributed by atoms with Crippen LogP contribution in [0.15, 0.2) is 36.5 Å². The van der Waals surface area contributed by atoms with Gasteiger partial charge in [0.2, 0.25) is 17.7 Å². The van der Waals surface area contributed by atoms with Gasteiger partial charge in [-0.25, -0.2) is 9.97 Å². The molecule has 19 heteroatoms. The van der Waals surface area contributed by atoms with E-state index in [0.29, 0.717) is 158 Å². The number of nitrogens with one attached hydrogen (secondary N) is 2. The number of pyridine rings is 1. The number of anilines is 2. The van der Waals surface area contributed by atoms with Crippen LogP contribution in [0.25, 0.3) is 20.8 Å². The smallest absolute Gasteiger partial charge is 0.230 e. The second-order valence-corrected chi connectivity index (χ2v) is 18.5. The summed E-state index contributed by atoms with van der Waals surface area (Å²) in [6.45, 7) is 22.1. The van der Waals surface area contributed by atoms with E-state index in [2.05, 4.69) is 50.8 Å². The van der Waals surface area contributed by atoms with E-state index in [1.165, 1.54) is 12.8 Å². The first-order valence-corrected chi connectivity index (χ1v) is 26.8. The normalized spacial score (nSPS) is 15.1. The van der Waals surface area contributed by atoms with Gasteiger partial charge in [0, 0.05) is 89.3 Å². The highest BCUT2D eigenvalue weighted by molar-refractivity contribution is 7.21. The zero-order chi connectivity index (χ0) is 50.9. The lowest BCUT2D eigenvalue weighted by Gasteiger charge is -2.43. The van der Waals surface area contributed by atoms with E-state index in [1.807, 2.05) is 45.7 Å². The summed E-state index contributed by atoms with van der Waals surface area (Å²) in [6.07, 6.45) is 6.97. The zero-order valence-electron chi connectivity index (χ0n) is 43.7. The Kier molecular flexibility index (Phi) is 29.5. The van der Waals surface area contributed by atoms with Gasteiger partial charge in [-0.2, -0.15) is 0 Å². The molecular weight excluding hydrogens is 931 g/mol. The minimum atomic E-state index is -0.805. The van der Waals surface area contributed by atoms with Crippen LogP contribution >= 0.6 is 11.3 Å². The Morgan fingerprint density at radius 1 is 0.704 bits per heavy atom. The third-order valence-corrected chi connectivity index (χ3v) is 13.5. The van der Waals surface area contributed by atoms with Crippen LogP contribution in [-0.2, 0) is 52.3 Å². The van der Waals surface area contributed by atoms with Gasteiger partial charge < -0.3 is 63.2 Å². The number of carbonyl (C=O) groups excluding carboxylic acids is 3. The molecule has 2 fully saturated rings. The summed E-state index contributed by atoms with van der Waals surface area (Å²) in [4.78, 5) is 55.6. The maximum atomic E-state index is 14.4. The molecule has 0 radical (unpaired) electrons. The van der Waals surface area contributed by atoms with Crippen molar-refractivity contribution in [2.75, 3.05) is 162 Å². The van der Waals surface area contributed by atoms with Crippen molar-refractivity contribution in [3.63, 3.8) is 0 Å². The van der Waals surface area contributed by atoms with Crippen molar-refractivity contribution in [1.82, 2.24) is 25.5 Å². The Hall–Kier alpha value is -4.05. The first-order valence-electron chi connectivity index (χ1n) is 26.0. The molecule has 2 saturated heterocycles. The molecule has 5 rings (SSSR count). The fourth-order valence-corrected chi connectivity index (χ4v) is 9.07. The van der Waals surface area contributed by atoms with E-state index in [0.717, 1.165) is 45.4 Å². The van der Waals surface area contributed by atoms with Gasteiger partial charge in [0.15, 0.2) is 0 Å². The third kappa shape index (κ3) is 21.5. The number of fused-ring (bicyclic) bond motifs is 1. The molecular formula is C52H85N7O11S. The highest BCUT2D eigenvalue weighted by Crippen LogP contribution is 2.35. The summed E-state index contributed by atoms with van der Waals surface area (Å²) in [5, 5.41) is 7.01. The summed E-state index contributed by atoms with van der Waals surface area (Å²) < 4.78 is 44.4. The van der Waals surface area contributed by atoms with Gasteiger partial charge >= 0.3 is 0 Å². The van der Waals surface area contributed by atoms with Gasteiger partial charge in [-0.05, 0) is 69.9 Å². The number of ether oxygens (including phenoxy) is 8. The van der Waals surface area contributed by atoms with Crippen molar-refractivity contribution in [1.29, 1.82) is 0 Å². The van der Waals surface area contributed by atoms with Crippen molar-refractivity contribution in [3.05, 3.63) is 36.5 Å². The fraction of sp³-hybridized carbons (Fsp3) is 0.712. The quantitative estimate of drug-likeness (QED) is 0.0647. The highest BCUT2D eigenvalue weighted by Gasteiger charge is 2.42. The molecule has 1 unspecified atom stereocenters. The molecule has 2 atom stereocenters. The van der Waals surface area contributed by atoms with Gasteiger partial charge in [-0.15, -0.1) is 11.3 Å². The van der Waals surface area contributed by atoms with E-state index in [9.17, 15) is 14.4 Å². The van der Waals surface area contributed by atoms with Crippen LogP contribution in [-0.4, -0.2) is 191 Å². The number of methoxy groups -OCH3 is 1. The Morgan fingerprint density at radius 3 is 1.80 bits per heavy atom. The Labute approximate surface area is 427 Å². The molecule has 0 bridgehead atoms. The van der Waals surface area contributed by atoms with Gasteiger partial charge in [-0.3, -0.25) is 14.4 Å². The molecule has 0 aliphatic carbocycles. The van der Waals surface area contributed by atoms with Crippen LogP contribution in [0.5, 0.6) is 0 Å². The SMILES string of the molecule is CC.CCC(=O)NC(C)[C@](C)(CCCCNC(=O)CCOCCOCCOCCOCCOCCOCCOCCOC)C(=O)N1CCN(c2ccc3nc(-c4ccc(N5CCCC5)nc4)sc3c2)CC1. The van der Waals surface area contributed by atoms with Crippen molar-refractivity contribution < 1.29 is 52.3 Å². The molecule has 0 spiro atoms. The van der Waals surface area contributed by atoms with Crippen LogP contribution in [0, 0.1) is 5.41 Å². The number of hydrogen-bond acceptors (Lipinski definition) is 16. The number of piperazine rings is 1. The van der Waals surface area contributed by atoms with Crippen molar-refractivity contribution in [2.24, 2.45) is 5.41 Å². The summed E-state index contributed by atoms with van der Waals surface area (Å²) in [5.74, 6) is 0.915. The monoisotopic (exact) mass is 1020 g/mol. The number of nitrogens with zero attached hydrogens (tertiary/aromatic N) is 5. The molecule has 2 N–H and O–H groups in total. The summed E-state index contributed by atoms with van der Waals surface area (Å²) in [5.41, 5.74) is 2.30. The van der Waals surface area contributed by atoms with Crippen molar-refractivity contribution in [3.8, 4) is 10.6 Å². The lowest BCUT2D eigenvalue weighted by atomic mass is 9.76. The number of unbranched alkanes of at least 4 members (excludes halogenated alkanes) is 1. The molecule has 2 aliphatic rings. The highest BCUT2D eigenvalue weighted by atomic mass is 32.1. The molecule has 4 heterocycles.